The van der Waals surface area contributed by atoms with Crippen molar-refractivity contribution in [1.82, 2.24) is 5.32 Å². The van der Waals surface area contributed by atoms with Gasteiger partial charge in [0.1, 0.15) is 0 Å². The van der Waals surface area contributed by atoms with Crippen molar-refractivity contribution in [2.45, 2.75) is 19.4 Å². The molecule has 0 aliphatic carbocycles. The second kappa shape index (κ2) is 6.40. The normalized spacial score (nSPS) is 11.2. The van der Waals surface area contributed by atoms with Crippen LogP contribution in [0.4, 0.5) is 11.4 Å². The number of carbonyl (C=O) groups excluding carboxylic acids is 1. The van der Waals surface area contributed by atoms with Crippen LogP contribution in [0.15, 0.2) is 18.2 Å². The summed E-state index contributed by atoms with van der Waals surface area (Å²) in [7, 11) is 0. The number of anilines is 2. The van der Waals surface area contributed by atoms with Gasteiger partial charge in [0.15, 0.2) is 0 Å². The second-order valence-corrected chi connectivity index (χ2v) is 4.66. The standard InChI is InChI=1S/C13H21N3O3/c1-3-15-12(19)9-4-5-10(14)11(6-9)16-13(2,7-17)8-18/h4-6,16-18H,3,7-8,14H2,1-2H3,(H,15,19). The van der Waals surface area contributed by atoms with Crippen molar-refractivity contribution in [3.8, 4) is 0 Å². The van der Waals surface area contributed by atoms with Crippen LogP contribution >= 0.6 is 0 Å². The minimum absolute atomic E-state index is 0.194. The van der Waals surface area contributed by atoms with Crippen LogP contribution in [0.2, 0.25) is 0 Å². The van der Waals surface area contributed by atoms with Crippen LogP contribution < -0.4 is 16.4 Å². The third-order valence-electron chi connectivity index (χ3n) is 2.79. The fourth-order valence-electron chi connectivity index (χ4n) is 1.52. The first-order valence-corrected chi connectivity index (χ1v) is 6.13. The molecular formula is C13H21N3O3. The minimum atomic E-state index is -0.895. The van der Waals surface area contributed by atoms with Gasteiger partial charge in [0.05, 0.1) is 30.1 Å². The third-order valence-corrected chi connectivity index (χ3v) is 2.79. The average molecular weight is 267 g/mol. The number of nitrogens with one attached hydrogen (secondary N) is 2. The summed E-state index contributed by atoms with van der Waals surface area (Å²) in [5.74, 6) is -0.194. The predicted octanol–water partition coefficient (Wildman–Crippen LogP) is 0.174. The van der Waals surface area contributed by atoms with Crippen LogP contribution in [0.1, 0.15) is 24.2 Å². The zero-order valence-corrected chi connectivity index (χ0v) is 11.2. The first-order valence-electron chi connectivity index (χ1n) is 6.13. The predicted molar refractivity (Wildman–Crippen MR) is 75.1 cm³/mol. The summed E-state index contributed by atoms with van der Waals surface area (Å²) in [5.41, 5.74) is 6.35. The number of hydrogen-bond acceptors (Lipinski definition) is 5. The first kappa shape index (κ1) is 15.3. The molecule has 0 unspecified atom stereocenters. The monoisotopic (exact) mass is 267 g/mol. The molecule has 0 spiro atoms. The Morgan fingerprint density at radius 1 is 1.37 bits per heavy atom. The number of carbonyl (C=O) groups is 1. The van der Waals surface area contributed by atoms with Crippen LogP contribution in [-0.4, -0.2) is 41.4 Å². The number of benzene rings is 1. The Morgan fingerprint density at radius 3 is 2.53 bits per heavy atom. The molecule has 0 saturated carbocycles. The van der Waals surface area contributed by atoms with Gasteiger partial charge in [0.2, 0.25) is 0 Å². The lowest BCUT2D eigenvalue weighted by molar-refractivity contribution is 0.0956. The quantitative estimate of drug-likeness (QED) is 0.472. The van der Waals surface area contributed by atoms with Crippen molar-refractivity contribution in [1.29, 1.82) is 0 Å². The minimum Gasteiger partial charge on any atom is -0.397 e. The molecule has 6 heteroatoms. The number of nitrogens with two attached hydrogens (primary N) is 1. The topological polar surface area (TPSA) is 108 Å². The molecule has 106 valence electrons. The maximum absolute atomic E-state index is 11.7. The van der Waals surface area contributed by atoms with E-state index in [1.165, 1.54) is 0 Å². The third kappa shape index (κ3) is 3.84. The lowest BCUT2D eigenvalue weighted by atomic mass is 10.0. The Hall–Kier alpha value is -1.79. The summed E-state index contributed by atoms with van der Waals surface area (Å²) >= 11 is 0. The Labute approximate surface area is 112 Å². The van der Waals surface area contributed by atoms with E-state index < -0.39 is 5.54 Å². The zero-order valence-electron chi connectivity index (χ0n) is 11.2. The summed E-state index contributed by atoms with van der Waals surface area (Å²) in [6, 6.07) is 4.84. The SMILES string of the molecule is CCNC(=O)c1ccc(N)c(NC(C)(CO)CO)c1. The molecule has 0 aliphatic heterocycles. The van der Waals surface area contributed by atoms with Crippen molar-refractivity contribution in [2.24, 2.45) is 0 Å². The van der Waals surface area contributed by atoms with E-state index in [9.17, 15) is 15.0 Å². The van der Waals surface area contributed by atoms with Crippen molar-refractivity contribution < 1.29 is 15.0 Å². The van der Waals surface area contributed by atoms with Gasteiger partial charge in [-0.05, 0) is 32.0 Å². The van der Waals surface area contributed by atoms with E-state index in [4.69, 9.17) is 5.73 Å². The second-order valence-electron chi connectivity index (χ2n) is 4.66. The summed E-state index contributed by atoms with van der Waals surface area (Å²) in [5, 5.41) is 24.2. The molecule has 0 saturated heterocycles. The molecule has 0 bridgehead atoms. The van der Waals surface area contributed by atoms with Crippen LogP contribution in [0, 0.1) is 0 Å². The van der Waals surface area contributed by atoms with E-state index in [0.717, 1.165) is 0 Å². The Kier molecular flexibility index (Phi) is 5.14. The first-order chi connectivity index (χ1) is 8.95. The number of aliphatic hydroxyl groups excluding tert-OH is 2. The van der Waals surface area contributed by atoms with Crippen LogP contribution in [-0.2, 0) is 0 Å². The molecule has 1 amide bonds. The largest absolute Gasteiger partial charge is 0.397 e. The van der Waals surface area contributed by atoms with Crippen molar-refractivity contribution in [3.63, 3.8) is 0 Å². The van der Waals surface area contributed by atoms with Gasteiger partial charge in [-0.1, -0.05) is 0 Å². The molecule has 0 fully saturated rings. The molecule has 0 aromatic heterocycles. The van der Waals surface area contributed by atoms with Gasteiger partial charge in [-0.25, -0.2) is 0 Å². The highest BCUT2D eigenvalue weighted by atomic mass is 16.3. The molecule has 6 nitrogen and oxygen atoms in total. The van der Waals surface area contributed by atoms with Gasteiger partial charge >= 0.3 is 0 Å². The number of hydrogen-bond donors (Lipinski definition) is 5. The maximum atomic E-state index is 11.7. The molecule has 0 atom stereocenters. The molecule has 19 heavy (non-hydrogen) atoms. The van der Waals surface area contributed by atoms with E-state index in [2.05, 4.69) is 10.6 Å². The van der Waals surface area contributed by atoms with E-state index in [-0.39, 0.29) is 19.1 Å². The van der Waals surface area contributed by atoms with Gasteiger partial charge in [-0.15, -0.1) is 0 Å². The van der Waals surface area contributed by atoms with Gasteiger partial charge in [0.25, 0.3) is 5.91 Å². The molecule has 1 rings (SSSR count). The Bertz CT molecular complexity index is 445. The highest BCUT2D eigenvalue weighted by Gasteiger charge is 2.23. The van der Waals surface area contributed by atoms with E-state index in [1.54, 1.807) is 25.1 Å². The molecular weight excluding hydrogens is 246 g/mol. The Morgan fingerprint density at radius 2 is 2.00 bits per heavy atom. The van der Waals surface area contributed by atoms with Gasteiger partial charge in [-0.2, -0.15) is 0 Å². The van der Waals surface area contributed by atoms with E-state index in [1.807, 2.05) is 6.92 Å². The van der Waals surface area contributed by atoms with Gasteiger partial charge in [0, 0.05) is 12.1 Å². The van der Waals surface area contributed by atoms with Gasteiger partial charge < -0.3 is 26.6 Å². The zero-order chi connectivity index (χ0) is 14.5. The van der Waals surface area contributed by atoms with Gasteiger partial charge in [-0.3, -0.25) is 4.79 Å². The number of amides is 1. The number of rotatable bonds is 6. The summed E-state index contributed by atoms with van der Waals surface area (Å²) in [4.78, 5) is 11.7. The number of aliphatic hydroxyl groups is 2. The fourth-order valence-corrected chi connectivity index (χ4v) is 1.52. The molecule has 0 heterocycles. The molecule has 0 radical (unpaired) electrons. The molecule has 6 N–H and O–H groups in total. The molecule has 1 aromatic carbocycles. The maximum Gasteiger partial charge on any atom is 0.251 e. The number of nitrogen functional groups attached to an aromatic ring is 1. The van der Waals surface area contributed by atoms with Crippen molar-refractivity contribution in [3.05, 3.63) is 23.8 Å². The summed E-state index contributed by atoms with van der Waals surface area (Å²) in [6.45, 7) is 3.52. The van der Waals surface area contributed by atoms with Crippen LogP contribution in [0.25, 0.3) is 0 Å². The van der Waals surface area contributed by atoms with Crippen LogP contribution in [0.5, 0.6) is 0 Å². The van der Waals surface area contributed by atoms with E-state index >= 15 is 0 Å². The van der Waals surface area contributed by atoms with Crippen molar-refractivity contribution >= 4 is 17.3 Å². The highest BCUT2D eigenvalue weighted by Crippen LogP contribution is 2.23. The van der Waals surface area contributed by atoms with Crippen LogP contribution in [0.3, 0.4) is 0 Å². The smallest absolute Gasteiger partial charge is 0.251 e. The van der Waals surface area contributed by atoms with Crippen molar-refractivity contribution in [2.75, 3.05) is 30.8 Å². The highest BCUT2D eigenvalue weighted by molar-refractivity contribution is 5.96. The van der Waals surface area contributed by atoms with E-state index in [0.29, 0.717) is 23.5 Å². The Balaban J connectivity index is 3.00. The molecule has 1 aromatic rings. The average Bonchev–Trinajstić information content (AvgIpc) is 2.41. The fraction of sp³-hybridized carbons (Fsp3) is 0.462. The lowest BCUT2D eigenvalue weighted by Crippen LogP contribution is -2.42. The summed E-state index contributed by atoms with van der Waals surface area (Å²) < 4.78 is 0. The summed E-state index contributed by atoms with van der Waals surface area (Å²) in [6.07, 6.45) is 0. The molecule has 0 aliphatic rings. The lowest BCUT2D eigenvalue weighted by Gasteiger charge is -2.28.